The van der Waals surface area contributed by atoms with Gasteiger partial charge in [0.2, 0.25) is 5.91 Å². The average molecular weight is 462 g/mol. The Labute approximate surface area is 195 Å². The molecular formula is C24H24FN7O2. The summed E-state index contributed by atoms with van der Waals surface area (Å²) >= 11 is 0. The molecule has 0 saturated carbocycles. The lowest BCUT2D eigenvalue weighted by molar-refractivity contribution is -0.119. The van der Waals surface area contributed by atoms with E-state index < -0.39 is 5.41 Å². The number of amides is 1. The molecule has 0 aliphatic carbocycles. The molecule has 1 amide bonds. The Morgan fingerprint density at radius 1 is 1.18 bits per heavy atom. The molecule has 4 heterocycles. The van der Waals surface area contributed by atoms with E-state index in [-0.39, 0.29) is 18.3 Å². The lowest BCUT2D eigenvalue weighted by Crippen LogP contribution is -2.28. The van der Waals surface area contributed by atoms with E-state index in [2.05, 4.69) is 20.6 Å². The van der Waals surface area contributed by atoms with E-state index in [0.29, 0.717) is 53.1 Å². The van der Waals surface area contributed by atoms with E-state index in [1.54, 1.807) is 42.3 Å². The van der Waals surface area contributed by atoms with Gasteiger partial charge in [0.1, 0.15) is 23.1 Å². The van der Waals surface area contributed by atoms with Gasteiger partial charge >= 0.3 is 0 Å². The summed E-state index contributed by atoms with van der Waals surface area (Å²) in [6.07, 6.45) is 1.66. The van der Waals surface area contributed by atoms with Gasteiger partial charge in [-0.1, -0.05) is 18.2 Å². The number of hydrogen-bond acceptors (Lipinski definition) is 7. The Kier molecular flexibility index (Phi) is 5.45. The number of hydrogen-bond donors (Lipinski definition) is 2. The first-order chi connectivity index (χ1) is 16.4. The maximum atomic E-state index is 14.3. The highest BCUT2D eigenvalue weighted by atomic mass is 19.1. The van der Waals surface area contributed by atoms with E-state index >= 15 is 0 Å². The van der Waals surface area contributed by atoms with Gasteiger partial charge in [-0.05, 0) is 32.0 Å². The minimum absolute atomic E-state index is 0.152. The second-order valence-corrected chi connectivity index (χ2v) is 8.59. The molecule has 0 saturated heterocycles. The van der Waals surface area contributed by atoms with Crippen molar-refractivity contribution in [3.05, 3.63) is 59.5 Å². The smallest absolute Gasteiger partial charge is 0.235 e. The molecule has 0 atom stereocenters. The van der Waals surface area contributed by atoms with Gasteiger partial charge < -0.3 is 15.4 Å². The van der Waals surface area contributed by atoms with E-state index in [1.165, 1.54) is 6.07 Å². The molecule has 0 spiro atoms. The Hall–Kier alpha value is -3.92. The summed E-state index contributed by atoms with van der Waals surface area (Å²) < 4.78 is 21.1. The van der Waals surface area contributed by atoms with Gasteiger partial charge in [0.05, 0.1) is 29.5 Å². The standard InChI is InChI=1S/C24H24FN7O2/c1-24(2)17-19(26-11-12-34-3)28-21(29-20(17)30-23(24)33)18-15-8-6-10-27-22(15)32(31-18)13-14-7-4-5-9-16(14)25/h4-10H,11-13H2,1-3H3,(H2,26,28,29,30,33). The SMILES string of the molecule is COCCNc1nc(-c2nn(Cc3ccccc3F)c3ncccc23)nc2c1C(C)(C)C(=O)N2. The number of pyridine rings is 1. The topological polar surface area (TPSA) is 107 Å². The molecule has 10 heteroatoms. The van der Waals surface area contributed by atoms with Crippen LogP contribution in [0.1, 0.15) is 25.0 Å². The monoisotopic (exact) mass is 461 g/mol. The van der Waals surface area contributed by atoms with Crippen molar-refractivity contribution in [1.29, 1.82) is 0 Å². The zero-order chi connectivity index (χ0) is 23.9. The van der Waals surface area contributed by atoms with Crippen molar-refractivity contribution in [1.82, 2.24) is 24.7 Å². The van der Waals surface area contributed by atoms with Crippen LogP contribution in [-0.4, -0.2) is 50.9 Å². The van der Waals surface area contributed by atoms with Crippen LogP contribution in [0.5, 0.6) is 0 Å². The van der Waals surface area contributed by atoms with Crippen LogP contribution in [0.4, 0.5) is 16.0 Å². The van der Waals surface area contributed by atoms with Crippen molar-refractivity contribution in [3.8, 4) is 11.5 Å². The van der Waals surface area contributed by atoms with E-state index in [4.69, 9.17) is 14.8 Å². The Balaban J connectivity index is 1.64. The highest BCUT2D eigenvalue weighted by Crippen LogP contribution is 2.41. The predicted molar refractivity (Wildman–Crippen MR) is 126 cm³/mol. The van der Waals surface area contributed by atoms with Gasteiger partial charge in [-0.15, -0.1) is 0 Å². The van der Waals surface area contributed by atoms with Crippen LogP contribution in [-0.2, 0) is 21.5 Å². The van der Waals surface area contributed by atoms with Crippen LogP contribution in [0.3, 0.4) is 0 Å². The van der Waals surface area contributed by atoms with Gasteiger partial charge in [0, 0.05) is 25.4 Å². The Morgan fingerprint density at radius 3 is 2.79 bits per heavy atom. The summed E-state index contributed by atoms with van der Waals surface area (Å²) in [7, 11) is 1.62. The molecule has 3 aromatic heterocycles. The first-order valence-electron chi connectivity index (χ1n) is 10.9. The maximum Gasteiger partial charge on any atom is 0.235 e. The zero-order valence-corrected chi connectivity index (χ0v) is 19.1. The first kappa shape index (κ1) is 21.9. The molecule has 0 radical (unpaired) electrons. The number of nitrogens with one attached hydrogen (secondary N) is 2. The van der Waals surface area contributed by atoms with Gasteiger partial charge in [-0.3, -0.25) is 4.79 Å². The predicted octanol–water partition coefficient (Wildman–Crippen LogP) is 3.36. The fourth-order valence-corrected chi connectivity index (χ4v) is 4.10. The highest BCUT2D eigenvalue weighted by Gasteiger charge is 2.43. The number of ether oxygens (including phenoxy) is 1. The number of rotatable bonds is 7. The third-order valence-corrected chi connectivity index (χ3v) is 5.93. The summed E-state index contributed by atoms with van der Waals surface area (Å²) in [5, 5.41) is 11.6. The van der Waals surface area contributed by atoms with Crippen LogP contribution in [0.15, 0.2) is 42.6 Å². The maximum absolute atomic E-state index is 14.3. The second kappa shape index (κ2) is 8.45. The summed E-state index contributed by atoms with van der Waals surface area (Å²) in [6.45, 7) is 4.85. The van der Waals surface area contributed by atoms with Crippen molar-refractivity contribution in [2.45, 2.75) is 25.8 Å². The molecule has 1 aromatic carbocycles. The molecule has 1 aliphatic rings. The lowest BCUT2D eigenvalue weighted by atomic mass is 9.87. The first-order valence-corrected chi connectivity index (χ1v) is 10.9. The molecule has 9 nitrogen and oxygen atoms in total. The van der Waals surface area contributed by atoms with Crippen LogP contribution in [0.2, 0.25) is 0 Å². The van der Waals surface area contributed by atoms with Crippen molar-refractivity contribution < 1.29 is 13.9 Å². The molecule has 0 fully saturated rings. The molecule has 2 N–H and O–H groups in total. The molecule has 0 bridgehead atoms. The minimum Gasteiger partial charge on any atom is -0.383 e. The molecule has 5 rings (SSSR count). The molecule has 34 heavy (non-hydrogen) atoms. The van der Waals surface area contributed by atoms with Crippen molar-refractivity contribution >= 4 is 28.6 Å². The third kappa shape index (κ3) is 3.65. The van der Waals surface area contributed by atoms with Crippen molar-refractivity contribution in [3.63, 3.8) is 0 Å². The highest BCUT2D eigenvalue weighted by molar-refractivity contribution is 6.06. The number of halogens is 1. The van der Waals surface area contributed by atoms with E-state index in [1.807, 2.05) is 19.9 Å². The normalized spacial score (nSPS) is 14.3. The molecular weight excluding hydrogens is 437 g/mol. The number of methoxy groups -OCH3 is 1. The number of anilines is 2. The van der Waals surface area contributed by atoms with Crippen LogP contribution < -0.4 is 10.6 Å². The van der Waals surface area contributed by atoms with Gasteiger partial charge in [-0.2, -0.15) is 5.10 Å². The minimum atomic E-state index is -0.795. The summed E-state index contributed by atoms with van der Waals surface area (Å²) in [6, 6.07) is 10.2. The summed E-state index contributed by atoms with van der Waals surface area (Å²) in [5.74, 6) is 0.857. The molecule has 4 aromatic rings. The number of nitrogens with zero attached hydrogens (tertiary/aromatic N) is 5. The summed E-state index contributed by atoms with van der Waals surface area (Å²) in [4.78, 5) is 26.5. The molecule has 174 valence electrons. The lowest BCUT2D eigenvalue weighted by Gasteiger charge is -2.19. The van der Waals surface area contributed by atoms with Crippen LogP contribution in [0.25, 0.3) is 22.6 Å². The number of carbonyl (C=O) groups is 1. The number of aromatic nitrogens is 5. The molecule has 0 unspecified atom stereocenters. The Bertz CT molecular complexity index is 1400. The van der Waals surface area contributed by atoms with Crippen molar-refractivity contribution in [2.75, 3.05) is 30.9 Å². The zero-order valence-electron chi connectivity index (χ0n) is 19.1. The largest absolute Gasteiger partial charge is 0.383 e. The van der Waals surface area contributed by atoms with Crippen LogP contribution >= 0.6 is 0 Å². The van der Waals surface area contributed by atoms with Crippen LogP contribution in [0, 0.1) is 5.82 Å². The molecule has 1 aliphatic heterocycles. The van der Waals surface area contributed by atoms with Gasteiger partial charge in [0.15, 0.2) is 11.5 Å². The van der Waals surface area contributed by atoms with E-state index in [9.17, 15) is 9.18 Å². The summed E-state index contributed by atoms with van der Waals surface area (Å²) in [5.41, 5.74) is 1.48. The van der Waals surface area contributed by atoms with Gasteiger partial charge in [-0.25, -0.2) is 24.0 Å². The Morgan fingerprint density at radius 2 is 2.00 bits per heavy atom. The number of fused-ring (bicyclic) bond motifs is 2. The number of carbonyl (C=O) groups excluding carboxylic acids is 1. The van der Waals surface area contributed by atoms with Gasteiger partial charge in [0.25, 0.3) is 0 Å². The third-order valence-electron chi connectivity index (χ3n) is 5.93. The average Bonchev–Trinajstić information content (AvgIpc) is 3.29. The fourth-order valence-electron chi connectivity index (χ4n) is 4.10. The fraction of sp³-hybridized carbons (Fsp3) is 0.292. The second-order valence-electron chi connectivity index (χ2n) is 8.59. The van der Waals surface area contributed by atoms with E-state index in [0.717, 1.165) is 5.39 Å². The quantitative estimate of drug-likeness (QED) is 0.407. The van der Waals surface area contributed by atoms with Crippen molar-refractivity contribution in [2.24, 2.45) is 0 Å². The number of benzene rings is 1.